The molecule has 0 radical (unpaired) electrons. The van der Waals surface area contributed by atoms with Crippen LogP contribution >= 0.6 is 0 Å². The van der Waals surface area contributed by atoms with Crippen molar-refractivity contribution in [3.63, 3.8) is 0 Å². The molecule has 1 aliphatic heterocycles. The molecule has 1 aliphatic rings. The number of primary amides is 1. The summed E-state index contributed by atoms with van der Waals surface area (Å²) in [7, 11) is 5.30. The average molecular weight is 534 g/mol. The van der Waals surface area contributed by atoms with Crippen molar-refractivity contribution in [3.8, 4) is 5.75 Å². The maximum absolute atomic E-state index is 14.4. The lowest BCUT2D eigenvalue weighted by Gasteiger charge is -2.24. The van der Waals surface area contributed by atoms with E-state index >= 15 is 0 Å². The predicted molar refractivity (Wildman–Crippen MR) is 146 cm³/mol. The van der Waals surface area contributed by atoms with E-state index in [1.165, 1.54) is 12.1 Å². The Bertz CT molecular complexity index is 1590. The number of methoxy groups -OCH3 is 1. The van der Waals surface area contributed by atoms with Crippen LogP contribution in [0, 0.1) is 5.82 Å². The molecule has 1 atom stereocenters. The number of H-pyrrole nitrogens is 2. The SMILES string of the molecule is COc1cc2c(cc1Nc1nc(Nc3cccc(F)c3C(N)=O)c3cc[nH]c3[nH+]1)N(C(=O)CN(C)C)[C@@H](C)C2. The number of halogens is 1. The average Bonchev–Trinajstić information content (AvgIpc) is 3.46. The Hall–Kier alpha value is -4.71. The van der Waals surface area contributed by atoms with Crippen LogP contribution in [0.5, 0.6) is 5.75 Å². The number of carbonyl (C=O) groups excluding carboxylic acids is 2. The van der Waals surface area contributed by atoms with Crippen LogP contribution in [-0.2, 0) is 11.2 Å². The third kappa shape index (κ3) is 4.93. The second-order valence-electron chi connectivity index (χ2n) is 9.71. The lowest BCUT2D eigenvalue weighted by Crippen LogP contribution is -2.41. The summed E-state index contributed by atoms with van der Waals surface area (Å²) in [4.78, 5) is 39.6. The van der Waals surface area contributed by atoms with Crippen LogP contribution < -0.4 is 31.0 Å². The van der Waals surface area contributed by atoms with E-state index in [4.69, 9.17) is 10.5 Å². The first-order chi connectivity index (χ1) is 18.7. The predicted octanol–water partition coefficient (Wildman–Crippen LogP) is 2.95. The Labute approximate surface area is 224 Å². The molecule has 0 saturated carbocycles. The highest BCUT2D eigenvalue weighted by atomic mass is 19.1. The van der Waals surface area contributed by atoms with Crippen LogP contribution in [0.15, 0.2) is 42.6 Å². The Morgan fingerprint density at radius 2 is 2.05 bits per heavy atom. The Morgan fingerprint density at radius 3 is 2.77 bits per heavy atom. The van der Waals surface area contributed by atoms with Gasteiger partial charge in [0, 0.05) is 18.3 Å². The molecule has 0 spiro atoms. The van der Waals surface area contributed by atoms with E-state index in [0.717, 1.165) is 11.3 Å². The summed E-state index contributed by atoms with van der Waals surface area (Å²) >= 11 is 0. The smallest absolute Gasteiger partial charge is 0.351 e. The van der Waals surface area contributed by atoms with Gasteiger partial charge in [0.2, 0.25) is 17.4 Å². The van der Waals surface area contributed by atoms with Crippen LogP contribution in [0.2, 0.25) is 0 Å². The first-order valence-electron chi connectivity index (χ1n) is 12.4. The first-order valence-corrected chi connectivity index (χ1v) is 12.4. The number of nitrogens with two attached hydrogens (primary N) is 1. The van der Waals surface area contributed by atoms with Crippen LogP contribution in [0.4, 0.5) is 33.2 Å². The van der Waals surface area contributed by atoms with Gasteiger partial charge in [0.05, 0.1) is 36.0 Å². The van der Waals surface area contributed by atoms with Crippen molar-refractivity contribution in [2.24, 2.45) is 5.73 Å². The van der Waals surface area contributed by atoms with Crippen molar-refractivity contribution in [3.05, 3.63) is 59.5 Å². The van der Waals surface area contributed by atoms with E-state index in [9.17, 15) is 14.0 Å². The van der Waals surface area contributed by atoms with Gasteiger partial charge in [0.25, 0.3) is 5.91 Å². The summed E-state index contributed by atoms with van der Waals surface area (Å²) < 4.78 is 20.0. The normalized spacial score (nSPS) is 14.5. The molecule has 3 heterocycles. The van der Waals surface area contributed by atoms with Gasteiger partial charge in [-0.1, -0.05) is 11.1 Å². The number of rotatable bonds is 8. The molecule has 2 aromatic heterocycles. The standard InChI is InChI=1S/C27H29FN8O3/c1-14-10-15-11-21(39-4)19(12-20(15)36(14)22(37)13-35(2)3)32-27-33-25-16(8-9-30-25)26(34-27)31-18-7-5-6-17(28)23(18)24(29)38/h5-9,11-12,14H,10,13H2,1-4H3,(H2,29,38)(H3,30,31,32,33,34)/p+1/t14-/m0/s1. The minimum absolute atomic E-state index is 0.00620. The third-order valence-corrected chi connectivity index (χ3v) is 6.57. The monoisotopic (exact) mass is 533 g/mol. The van der Waals surface area contributed by atoms with Crippen LogP contribution in [0.1, 0.15) is 22.8 Å². The largest absolute Gasteiger partial charge is 0.493 e. The number of nitrogens with one attached hydrogen (secondary N) is 4. The van der Waals surface area contributed by atoms with Crippen molar-refractivity contribution in [2.75, 3.05) is 43.3 Å². The molecule has 0 aliphatic carbocycles. The summed E-state index contributed by atoms with van der Waals surface area (Å²) in [6.45, 7) is 2.31. The molecule has 2 aromatic carbocycles. The number of aromatic amines is 2. The molecule has 4 aromatic rings. The maximum Gasteiger partial charge on any atom is 0.351 e. The van der Waals surface area contributed by atoms with Gasteiger partial charge in [0.15, 0.2) is 5.75 Å². The van der Waals surface area contributed by atoms with Crippen LogP contribution in [0.3, 0.4) is 0 Å². The van der Waals surface area contributed by atoms with Crippen LogP contribution in [-0.4, -0.2) is 60.5 Å². The number of nitrogens with zero attached hydrogens (tertiary/aromatic N) is 3. The van der Waals surface area contributed by atoms with Gasteiger partial charge in [0.1, 0.15) is 11.5 Å². The molecular formula is C27H30FN8O3+. The van der Waals surface area contributed by atoms with Crippen molar-refractivity contribution in [1.29, 1.82) is 0 Å². The van der Waals surface area contributed by atoms with Gasteiger partial charge in [-0.25, -0.2) is 9.37 Å². The van der Waals surface area contributed by atoms with Gasteiger partial charge in [-0.2, -0.15) is 0 Å². The first kappa shape index (κ1) is 25.9. The van der Waals surface area contributed by atoms with E-state index in [2.05, 4.69) is 25.6 Å². The number of likely N-dealkylation sites (N-methyl/N-ethyl adjacent to an activating group) is 1. The molecule has 6 N–H and O–H groups in total. The number of ether oxygens (including phenoxy) is 1. The van der Waals surface area contributed by atoms with Gasteiger partial charge in [-0.3, -0.25) is 19.9 Å². The minimum atomic E-state index is -0.896. The zero-order valence-corrected chi connectivity index (χ0v) is 22.1. The molecule has 5 rings (SSSR count). The van der Waals surface area contributed by atoms with E-state index in [1.807, 2.05) is 43.0 Å². The highest BCUT2D eigenvalue weighted by Crippen LogP contribution is 2.40. The fourth-order valence-corrected chi connectivity index (χ4v) is 4.92. The summed E-state index contributed by atoms with van der Waals surface area (Å²) in [6.07, 6.45) is 2.44. The third-order valence-electron chi connectivity index (χ3n) is 6.57. The summed E-state index contributed by atoms with van der Waals surface area (Å²) in [6, 6.07) is 9.81. The molecule has 202 valence electrons. The molecular weight excluding hydrogens is 503 g/mol. The quantitative estimate of drug-likeness (QED) is 0.273. The summed E-state index contributed by atoms with van der Waals surface area (Å²) in [5.41, 5.74) is 8.40. The number of anilines is 5. The van der Waals surface area contributed by atoms with Crippen molar-refractivity contribution >= 4 is 51.7 Å². The molecule has 39 heavy (non-hydrogen) atoms. The van der Waals surface area contributed by atoms with Gasteiger partial charge in [-0.05, 0) is 57.3 Å². The Kier molecular flexibility index (Phi) is 6.79. The van der Waals surface area contributed by atoms with Gasteiger partial charge >= 0.3 is 5.95 Å². The lowest BCUT2D eigenvalue weighted by molar-refractivity contribution is -0.333. The molecule has 2 amide bonds. The van der Waals surface area contributed by atoms with E-state index in [-0.39, 0.29) is 23.2 Å². The fraction of sp³-hybridized carbons (Fsp3) is 0.259. The molecule has 12 heteroatoms. The number of hydrogen-bond acceptors (Lipinski definition) is 7. The van der Waals surface area contributed by atoms with Gasteiger partial charge < -0.3 is 25.6 Å². The molecule has 0 saturated heterocycles. The van der Waals surface area contributed by atoms with Crippen molar-refractivity contribution in [2.45, 2.75) is 19.4 Å². The van der Waals surface area contributed by atoms with Crippen molar-refractivity contribution < 1.29 is 23.7 Å². The van der Waals surface area contributed by atoms with E-state index in [0.29, 0.717) is 47.2 Å². The maximum atomic E-state index is 14.4. The fourth-order valence-electron chi connectivity index (χ4n) is 4.92. The summed E-state index contributed by atoms with van der Waals surface area (Å²) in [5, 5.41) is 6.98. The molecule has 11 nitrogen and oxygen atoms in total. The van der Waals surface area contributed by atoms with E-state index in [1.54, 1.807) is 25.4 Å². The van der Waals surface area contributed by atoms with Gasteiger partial charge in [-0.15, -0.1) is 0 Å². The number of carbonyl (C=O) groups is 2. The number of amides is 2. The number of hydrogen-bond donors (Lipinski definition) is 4. The second-order valence-corrected chi connectivity index (χ2v) is 9.71. The van der Waals surface area contributed by atoms with Crippen molar-refractivity contribution in [1.82, 2.24) is 14.9 Å². The number of fused-ring (bicyclic) bond motifs is 2. The second kappa shape index (κ2) is 10.2. The Morgan fingerprint density at radius 1 is 1.26 bits per heavy atom. The van der Waals surface area contributed by atoms with Crippen LogP contribution in [0.25, 0.3) is 11.0 Å². The topological polar surface area (TPSA) is 143 Å². The molecule has 0 bridgehead atoms. The number of benzene rings is 2. The zero-order chi connectivity index (χ0) is 27.8. The molecule has 0 unspecified atom stereocenters. The summed E-state index contributed by atoms with van der Waals surface area (Å²) in [5.74, 6) is -0.347. The minimum Gasteiger partial charge on any atom is -0.493 e. The lowest BCUT2D eigenvalue weighted by atomic mass is 10.1. The molecule has 0 fully saturated rings. The highest BCUT2D eigenvalue weighted by Gasteiger charge is 2.33. The van der Waals surface area contributed by atoms with E-state index < -0.39 is 11.7 Å². The number of aromatic nitrogens is 3. The Balaban J connectivity index is 1.53. The zero-order valence-electron chi connectivity index (χ0n) is 22.1. The highest BCUT2D eigenvalue weighted by molar-refractivity contribution is 6.01.